The predicted octanol–water partition coefficient (Wildman–Crippen LogP) is 6.70. The Bertz CT molecular complexity index is 2890. The number of aryl methyl sites for hydroxylation is 1. The quantitative estimate of drug-likeness (QED) is 0.142. The van der Waals surface area contributed by atoms with Crippen LogP contribution in [0.2, 0.25) is 0 Å². The summed E-state index contributed by atoms with van der Waals surface area (Å²) in [5, 5.41) is 2.50. The van der Waals surface area contributed by atoms with Crippen molar-refractivity contribution in [2.24, 2.45) is 0 Å². The third-order valence-electron chi connectivity index (χ3n) is 12.2. The molecule has 0 N–H and O–H groups in total. The first kappa shape index (κ1) is 44.6. The summed E-state index contributed by atoms with van der Waals surface area (Å²) in [5.74, 6) is 0. The Balaban J connectivity index is 0.000000308. The SMILES string of the molecule is CCc1cc(-c2ccccc2)c2c(c1)=[C-]C1=C(C3=CC=CC3)C(CC)(c3ccccc3)C(c3ccccc3)=C(c3ccccc3)C=21.[Cl-].[Cl-].[Zr+2]=[C](c1ccccc1)c1ccccc1. The molecule has 1 atom stereocenters. The van der Waals surface area contributed by atoms with Gasteiger partial charge in [0.2, 0.25) is 0 Å². The third kappa shape index (κ3) is 8.40. The molecular weight excluding hydrogens is 871 g/mol. The van der Waals surface area contributed by atoms with Crippen LogP contribution >= 0.6 is 0 Å². The van der Waals surface area contributed by atoms with Gasteiger partial charge in [-0.2, -0.15) is 0 Å². The van der Waals surface area contributed by atoms with Crippen LogP contribution in [-0.2, 0) is 36.1 Å². The number of fused-ring (bicyclic) bond motifs is 2. The molecule has 7 aromatic carbocycles. The molecular formula is C59H47Cl2Zr-. The van der Waals surface area contributed by atoms with Crippen LogP contribution < -0.4 is 35.3 Å². The molecule has 3 heteroatoms. The van der Waals surface area contributed by atoms with Gasteiger partial charge in [0.25, 0.3) is 0 Å². The fraction of sp³-hybridized carbons (Fsp3) is 0.102. The molecule has 0 heterocycles. The van der Waals surface area contributed by atoms with Gasteiger partial charge < -0.3 is 24.8 Å². The number of halogens is 2. The summed E-state index contributed by atoms with van der Waals surface area (Å²) in [7, 11) is 0. The van der Waals surface area contributed by atoms with Gasteiger partial charge >= 0.3 is 99.2 Å². The number of benzene rings is 7. The zero-order valence-corrected chi connectivity index (χ0v) is 39.1. The standard InChI is InChI=1S/C46H37.C13H10.2ClH.Zr/c1-3-32-29-37-31-40-43(41(37)39(30-32)33-19-9-5-10-20-33)42(34-21-11-6-12-22-34)45(36-23-13-7-14-24-36)46(4-2,38-27-15-8-16-28-38)44(40)35-25-17-18-26-35;1-3-7-12(8-4-1)11-13-9-5-2-6-10-13;;;/h5-25,27-30H,3-4,26H2,1-2H3;1-10H;2*1H;/q-1;;;;+2/p-2. The van der Waals surface area contributed by atoms with Crippen molar-refractivity contribution in [2.75, 3.05) is 0 Å². The van der Waals surface area contributed by atoms with Crippen molar-refractivity contribution in [3.8, 4) is 11.1 Å². The first-order valence-corrected chi connectivity index (χ1v) is 22.4. The van der Waals surface area contributed by atoms with E-state index in [9.17, 15) is 0 Å². The summed E-state index contributed by atoms with van der Waals surface area (Å²) in [6, 6.07) is 70.4. The van der Waals surface area contributed by atoms with Crippen LogP contribution in [0.15, 0.2) is 229 Å². The second kappa shape index (κ2) is 20.2. The van der Waals surface area contributed by atoms with Crippen molar-refractivity contribution in [3.05, 3.63) is 273 Å². The van der Waals surface area contributed by atoms with Gasteiger partial charge in [0, 0.05) is 5.41 Å². The minimum atomic E-state index is -0.389. The Morgan fingerprint density at radius 3 is 1.56 bits per heavy atom. The van der Waals surface area contributed by atoms with E-state index in [0.717, 1.165) is 19.3 Å². The maximum absolute atomic E-state index is 4.12. The fourth-order valence-corrected chi connectivity index (χ4v) is 10.3. The fourth-order valence-electron chi connectivity index (χ4n) is 9.46. The average molecular weight is 918 g/mol. The number of hydrogen-bond acceptors (Lipinski definition) is 0. The molecule has 0 fully saturated rings. The molecule has 0 aromatic heterocycles. The van der Waals surface area contributed by atoms with E-state index in [0.29, 0.717) is 0 Å². The van der Waals surface area contributed by atoms with Gasteiger partial charge in [0.1, 0.15) is 0 Å². The predicted molar refractivity (Wildman–Crippen MR) is 250 cm³/mol. The van der Waals surface area contributed by atoms with Crippen LogP contribution in [0.4, 0.5) is 0 Å². The van der Waals surface area contributed by atoms with Crippen molar-refractivity contribution in [2.45, 2.75) is 38.5 Å². The Morgan fingerprint density at radius 2 is 1.06 bits per heavy atom. The molecule has 0 aliphatic heterocycles. The van der Waals surface area contributed by atoms with Crippen LogP contribution in [0, 0.1) is 0 Å². The minimum absolute atomic E-state index is 0. The van der Waals surface area contributed by atoms with Crippen molar-refractivity contribution < 1.29 is 49.0 Å². The Kier molecular flexibility index (Phi) is 14.5. The topological polar surface area (TPSA) is 0 Å². The molecule has 302 valence electrons. The van der Waals surface area contributed by atoms with Gasteiger partial charge in [0.05, 0.1) is 0 Å². The van der Waals surface area contributed by atoms with E-state index < -0.39 is 0 Å². The van der Waals surface area contributed by atoms with E-state index in [4.69, 9.17) is 0 Å². The van der Waals surface area contributed by atoms with Gasteiger partial charge in [-0.1, -0.05) is 187 Å². The maximum atomic E-state index is 4.12. The van der Waals surface area contributed by atoms with Crippen LogP contribution in [0.5, 0.6) is 0 Å². The first-order chi connectivity index (χ1) is 29.6. The Labute approximate surface area is 394 Å². The normalized spacial score (nSPS) is 15.9. The number of hydrogen-bond donors (Lipinski definition) is 0. The molecule has 62 heavy (non-hydrogen) atoms. The van der Waals surface area contributed by atoms with Gasteiger partial charge in [-0.25, -0.2) is 0 Å². The van der Waals surface area contributed by atoms with Gasteiger partial charge in [-0.05, 0) is 52.7 Å². The van der Waals surface area contributed by atoms with Crippen molar-refractivity contribution in [1.29, 1.82) is 0 Å². The van der Waals surface area contributed by atoms with E-state index in [-0.39, 0.29) is 30.2 Å². The molecule has 3 aliphatic rings. The van der Waals surface area contributed by atoms with Gasteiger partial charge in [-0.15, -0.1) is 28.2 Å². The molecule has 1 unspecified atom stereocenters. The molecule has 0 amide bonds. The Hall–Kier alpha value is -5.43. The summed E-state index contributed by atoms with van der Waals surface area (Å²) in [4.78, 5) is 0. The van der Waals surface area contributed by atoms with E-state index in [1.54, 1.807) is 0 Å². The number of allylic oxidation sites excluding steroid dienone is 8. The second-order valence-corrected chi connectivity index (χ2v) is 16.8. The Morgan fingerprint density at radius 1 is 0.565 bits per heavy atom. The summed E-state index contributed by atoms with van der Waals surface area (Å²) < 4.78 is 1.42. The zero-order valence-electron chi connectivity index (χ0n) is 35.1. The van der Waals surface area contributed by atoms with Crippen LogP contribution in [0.25, 0.3) is 33.9 Å². The molecule has 0 bridgehead atoms. The second-order valence-electron chi connectivity index (χ2n) is 15.6. The van der Waals surface area contributed by atoms with Gasteiger partial charge in [0.15, 0.2) is 0 Å². The monoisotopic (exact) mass is 915 g/mol. The van der Waals surface area contributed by atoms with Crippen molar-refractivity contribution in [3.63, 3.8) is 0 Å². The average Bonchev–Trinajstić information content (AvgIpc) is 4.01. The number of rotatable bonds is 9. The van der Waals surface area contributed by atoms with Crippen LogP contribution in [-0.4, -0.2) is 3.21 Å². The summed E-state index contributed by atoms with van der Waals surface area (Å²) in [6.45, 7) is 4.63. The molecule has 0 radical (unpaired) electrons. The van der Waals surface area contributed by atoms with E-state index >= 15 is 0 Å². The molecule has 0 saturated carbocycles. The molecule has 3 aliphatic carbocycles. The van der Waals surface area contributed by atoms with Crippen molar-refractivity contribution in [1.82, 2.24) is 0 Å². The molecule has 10 rings (SSSR count). The first-order valence-electron chi connectivity index (χ1n) is 21.2. The zero-order chi connectivity index (χ0) is 40.9. The van der Waals surface area contributed by atoms with E-state index in [1.165, 1.54) is 116 Å². The summed E-state index contributed by atoms with van der Waals surface area (Å²) in [6.07, 6.45) is 13.8. The third-order valence-corrected chi connectivity index (χ3v) is 13.6. The van der Waals surface area contributed by atoms with Gasteiger partial charge in [-0.3, -0.25) is 0 Å². The van der Waals surface area contributed by atoms with Crippen LogP contribution in [0.1, 0.15) is 60.1 Å². The molecule has 0 nitrogen and oxygen atoms in total. The van der Waals surface area contributed by atoms with E-state index in [1.807, 2.05) is 0 Å². The summed E-state index contributed by atoms with van der Waals surface area (Å²) in [5.41, 5.74) is 18.0. The molecule has 0 spiro atoms. The molecule has 0 saturated heterocycles. The summed E-state index contributed by atoms with van der Waals surface area (Å²) >= 11 is 1.46. The van der Waals surface area contributed by atoms with Crippen LogP contribution in [0.3, 0.4) is 0 Å². The van der Waals surface area contributed by atoms with Crippen molar-refractivity contribution >= 4 is 26.0 Å². The molecule has 7 aromatic rings. The van der Waals surface area contributed by atoms with E-state index in [2.05, 4.69) is 232 Å².